The molecule has 0 radical (unpaired) electrons. The average Bonchev–Trinajstić information content (AvgIpc) is 3.56. The number of halogens is 1. The summed E-state index contributed by atoms with van der Waals surface area (Å²) in [6.45, 7) is 4.77. The number of carbonyl (C=O) groups excluding carboxylic acids is 2. The first kappa shape index (κ1) is 30.2. The van der Waals surface area contributed by atoms with E-state index in [-0.39, 0.29) is 41.4 Å². The molecule has 0 spiro atoms. The van der Waals surface area contributed by atoms with Crippen LogP contribution in [0.15, 0.2) is 89.5 Å². The standard InChI is InChI=1S/C37H39ClN2O4/c1-3-8-23(19-25-12-17-29(41)21-32(25)38)11-18-33-34-24(4-2)20-30-35(31(34)22-44-33)37(43)40(36(30)42)28-15-13-27(14-16-28)39-26-9-6-5-7-10-26/h5-7,9-10,12-17,19,21,30-31,33,35,39,41H,3-4,8,11,18,20,22H2,1-2H3/b23-19+/t30-,31+,33-,35-/m1/s1. The molecule has 2 amide bonds. The van der Waals surface area contributed by atoms with Crippen LogP contribution >= 0.6 is 11.6 Å². The fraction of sp³-hybridized carbons (Fsp3) is 0.351. The number of rotatable bonds is 10. The summed E-state index contributed by atoms with van der Waals surface area (Å²) in [5.41, 5.74) is 7.18. The zero-order valence-electron chi connectivity index (χ0n) is 25.3. The highest BCUT2D eigenvalue weighted by atomic mass is 35.5. The van der Waals surface area contributed by atoms with Gasteiger partial charge in [0.05, 0.1) is 35.3 Å². The number of carbonyl (C=O) groups is 2. The Morgan fingerprint density at radius 1 is 0.977 bits per heavy atom. The second-order valence-electron chi connectivity index (χ2n) is 12.0. The van der Waals surface area contributed by atoms with Crippen molar-refractivity contribution in [2.75, 3.05) is 16.8 Å². The third-order valence-corrected chi connectivity index (χ3v) is 9.59. The van der Waals surface area contributed by atoms with Crippen molar-refractivity contribution in [3.63, 3.8) is 0 Å². The van der Waals surface area contributed by atoms with Gasteiger partial charge in [-0.25, -0.2) is 0 Å². The number of phenols is 1. The summed E-state index contributed by atoms with van der Waals surface area (Å²) in [5, 5.41) is 13.6. The molecule has 0 saturated carbocycles. The molecule has 0 bridgehead atoms. The Labute approximate surface area is 264 Å². The van der Waals surface area contributed by atoms with E-state index in [1.807, 2.05) is 60.7 Å². The number of hydrogen-bond acceptors (Lipinski definition) is 5. The Balaban J connectivity index is 1.18. The minimum absolute atomic E-state index is 0.0632. The van der Waals surface area contributed by atoms with E-state index in [9.17, 15) is 14.7 Å². The number of hydrogen-bond donors (Lipinski definition) is 2. The fourth-order valence-electron chi connectivity index (χ4n) is 7.21. The van der Waals surface area contributed by atoms with E-state index in [1.54, 1.807) is 12.1 Å². The number of allylic oxidation sites excluding steroid dienone is 2. The maximum atomic E-state index is 14.0. The van der Waals surface area contributed by atoms with E-state index in [0.29, 0.717) is 23.7 Å². The van der Waals surface area contributed by atoms with E-state index in [4.69, 9.17) is 16.3 Å². The van der Waals surface area contributed by atoms with E-state index < -0.39 is 0 Å². The number of nitrogens with zero attached hydrogens (tertiary/aromatic N) is 1. The topological polar surface area (TPSA) is 78.9 Å². The second kappa shape index (κ2) is 13.0. The van der Waals surface area contributed by atoms with Gasteiger partial charge in [-0.3, -0.25) is 14.5 Å². The summed E-state index contributed by atoms with van der Waals surface area (Å²) in [4.78, 5) is 29.1. The van der Waals surface area contributed by atoms with Gasteiger partial charge in [0, 0.05) is 17.3 Å². The molecule has 2 saturated heterocycles. The van der Waals surface area contributed by atoms with Crippen molar-refractivity contribution in [3.05, 3.63) is 100 Å². The van der Waals surface area contributed by atoms with Crippen molar-refractivity contribution >= 4 is 46.6 Å². The molecule has 6 nitrogen and oxygen atoms in total. The van der Waals surface area contributed by atoms with E-state index in [1.165, 1.54) is 21.6 Å². The van der Waals surface area contributed by atoms with Crippen molar-refractivity contribution < 1.29 is 19.4 Å². The SMILES string of the molecule is CCC/C(=C\c1ccc(O)cc1Cl)CC[C@H]1OC[C@H]2C1=C(CC)C[C@H]1C(=O)N(c3ccc(Nc4ccccc4)cc3)C(=O)[C@H]12. The number of imide groups is 1. The Morgan fingerprint density at radius 2 is 1.73 bits per heavy atom. The maximum Gasteiger partial charge on any atom is 0.238 e. The van der Waals surface area contributed by atoms with Crippen LogP contribution in [0.2, 0.25) is 5.02 Å². The Bertz CT molecular complexity index is 1600. The smallest absolute Gasteiger partial charge is 0.238 e. The number of amides is 2. The normalized spacial score (nSPS) is 23.2. The highest BCUT2D eigenvalue weighted by Crippen LogP contribution is 2.51. The Hall–Kier alpha value is -3.87. The number of benzene rings is 3. The van der Waals surface area contributed by atoms with Gasteiger partial charge in [-0.2, -0.15) is 0 Å². The number of nitrogens with one attached hydrogen (secondary N) is 1. The van der Waals surface area contributed by atoms with Gasteiger partial charge in [0.15, 0.2) is 0 Å². The van der Waals surface area contributed by atoms with Crippen LogP contribution in [0.5, 0.6) is 5.75 Å². The van der Waals surface area contributed by atoms with Crippen LogP contribution in [0.1, 0.15) is 57.9 Å². The lowest BCUT2D eigenvalue weighted by Gasteiger charge is -2.31. The number of anilines is 3. The third-order valence-electron chi connectivity index (χ3n) is 9.27. The van der Waals surface area contributed by atoms with Crippen LogP contribution in [0.25, 0.3) is 6.08 Å². The molecule has 2 fully saturated rings. The van der Waals surface area contributed by atoms with Gasteiger partial charge in [0.1, 0.15) is 5.75 Å². The summed E-state index contributed by atoms with van der Waals surface area (Å²) < 4.78 is 6.42. The van der Waals surface area contributed by atoms with Crippen LogP contribution in [0.3, 0.4) is 0 Å². The van der Waals surface area contributed by atoms with Gasteiger partial charge in [0.25, 0.3) is 0 Å². The molecule has 7 heteroatoms. The molecule has 2 N–H and O–H groups in total. The predicted octanol–water partition coefficient (Wildman–Crippen LogP) is 8.68. The van der Waals surface area contributed by atoms with Gasteiger partial charge < -0.3 is 15.2 Å². The van der Waals surface area contributed by atoms with Crippen LogP contribution in [-0.4, -0.2) is 29.6 Å². The molecular formula is C37H39ClN2O4. The molecule has 228 valence electrons. The molecule has 1 aliphatic carbocycles. The number of phenolic OH excluding ortho intramolecular Hbond substituents is 1. The van der Waals surface area contributed by atoms with Crippen LogP contribution in [0, 0.1) is 17.8 Å². The van der Waals surface area contributed by atoms with Gasteiger partial charge >= 0.3 is 0 Å². The van der Waals surface area contributed by atoms with Crippen LogP contribution < -0.4 is 10.2 Å². The van der Waals surface area contributed by atoms with Gasteiger partial charge in [-0.1, -0.05) is 67.3 Å². The monoisotopic (exact) mass is 610 g/mol. The van der Waals surface area contributed by atoms with Gasteiger partial charge in [0.2, 0.25) is 11.8 Å². The first-order valence-corrected chi connectivity index (χ1v) is 16.1. The summed E-state index contributed by atoms with van der Waals surface area (Å²) in [6.07, 6.45) is 7.14. The van der Waals surface area contributed by atoms with Gasteiger partial charge in [-0.05, 0) is 97.8 Å². The Morgan fingerprint density at radius 3 is 2.43 bits per heavy atom. The maximum absolute atomic E-state index is 14.0. The molecule has 3 aromatic rings. The number of para-hydroxylation sites is 1. The van der Waals surface area contributed by atoms with Crippen molar-refractivity contribution in [3.8, 4) is 5.75 Å². The van der Waals surface area contributed by atoms with E-state index in [0.717, 1.165) is 49.0 Å². The quantitative estimate of drug-likeness (QED) is 0.177. The summed E-state index contributed by atoms with van der Waals surface area (Å²) in [5.74, 6) is -0.862. The Kier molecular flexibility index (Phi) is 8.92. The first-order valence-electron chi connectivity index (χ1n) is 15.7. The van der Waals surface area contributed by atoms with Crippen molar-refractivity contribution in [2.24, 2.45) is 17.8 Å². The molecule has 6 rings (SSSR count). The van der Waals surface area contributed by atoms with Crippen molar-refractivity contribution in [1.82, 2.24) is 0 Å². The lowest BCUT2D eigenvalue weighted by molar-refractivity contribution is -0.122. The molecule has 2 heterocycles. The lowest BCUT2D eigenvalue weighted by Crippen LogP contribution is -2.34. The number of ether oxygens (including phenoxy) is 1. The van der Waals surface area contributed by atoms with E-state index >= 15 is 0 Å². The lowest BCUT2D eigenvalue weighted by atomic mass is 9.69. The average molecular weight is 611 g/mol. The minimum atomic E-state index is -0.388. The highest BCUT2D eigenvalue weighted by Gasteiger charge is 2.57. The zero-order valence-corrected chi connectivity index (χ0v) is 26.0. The van der Waals surface area contributed by atoms with Crippen LogP contribution in [0.4, 0.5) is 17.1 Å². The second-order valence-corrected chi connectivity index (χ2v) is 12.4. The van der Waals surface area contributed by atoms with Gasteiger partial charge in [-0.15, -0.1) is 0 Å². The summed E-state index contributed by atoms with van der Waals surface area (Å²) >= 11 is 6.40. The van der Waals surface area contributed by atoms with Crippen LogP contribution in [-0.2, 0) is 14.3 Å². The molecule has 0 unspecified atom stereocenters. The predicted molar refractivity (Wildman–Crippen MR) is 176 cm³/mol. The zero-order chi connectivity index (χ0) is 30.8. The molecule has 0 aromatic heterocycles. The molecular weight excluding hydrogens is 572 g/mol. The third kappa shape index (κ3) is 5.93. The summed E-state index contributed by atoms with van der Waals surface area (Å²) in [7, 11) is 0. The van der Waals surface area contributed by atoms with Crippen molar-refractivity contribution in [2.45, 2.75) is 58.5 Å². The van der Waals surface area contributed by atoms with Crippen molar-refractivity contribution in [1.29, 1.82) is 0 Å². The number of aromatic hydroxyl groups is 1. The highest BCUT2D eigenvalue weighted by molar-refractivity contribution is 6.32. The number of fused-ring (bicyclic) bond motifs is 3. The molecule has 3 aromatic carbocycles. The molecule has 3 aliphatic rings. The minimum Gasteiger partial charge on any atom is -0.508 e. The largest absolute Gasteiger partial charge is 0.508 e. The molecule has 44 heavy (non-hydrogen) atoms. The molecule has 2 aliphatic heterocycles. The first-order chi connectivity index (χ1) is 21.4. The summed E-state index contributed by atoms with van der Waals surface area (Å²) in [6, 6.07) is 22.5. The molecule has 4 atom stereocenters. The fourth-order valence-corrected chi connectivity index (χ4v) is 7.44. The van der Waals surface area contributed by atoms with E-state index in [2.05, 4.69) is 25.2 Å².